The van der Waals surface area contributed by atoms with Gasteiger partial charge in [-0.15, -0.1) is 0 Å². The van der Waals surface area contributed by atoms with Crippen LogP contribution in [0.1, 0.15) is 19.4 Å². The van der Waals surface area contributed by atoms with E-state index in [1.165, 1.54) is 60.3 Å². The average molecular weight is 629 g/mol. The SMILES string of the molecule is C=C\C=C/C=C\C(C)=C\C=C(/C)c1ccc(-c2c3ccccc3c(-c3ccc4c(c3)oc3c5ccccc5ccc43)c3ccccc23)cc1. The first kappa shape index (κ1) is 30.2. The van der Waals surface area contributed by atoms with E-state index in [1.807, 2.05) is 18.2 Å². The monoisotopic (exact) mass is 628 g/mol. The molecule has 0 aliphatic heterocycles. The summed E-state index contributed by atoms with van der Waals surface area (Å²) in [6.45, 7) is 8.00. The van der Waals surface area contributed by atoms with Crippen LogP contribution < -0.4 is 0 Å². The predicted octanol–water partition coefficient (Wildman–Crippen LogP) is 14.0. The Labute approximate surface area is 287 Å². The molecule has 1 heterocycles. The molecule has 0 N–H and O–H groups in total. The van der Waals surface area contributed by atoms with Crippen molar-refractivity contribution >= 4 is 59.8 Å². The van der Waals surface area contributed by atoms with E-state index in [-0.39, 0.29) is 0 Å². The van der Waals surface area contributed by atoms with Crippen LogP contribution in [0.5, 0.6) is 0 Å². The second-order valence-corrected chi connectivity index (χ2v) is 12.6. The molecule has 0 amide bonds. The summed E-state index contributed by atoms with van der Waals surface area (Å²) in [7, 11) is 0. The number of furan rings is 1. The minimum Gasteiger partial charge on any atom is -0.455 e. The highest BCUT2D eigenvalue weighted by atomic mass is 16.3. The van der Waals surface area contributed by atoms with E-state index in [4.69, 9.17) is 4.42 Å². The lowest BCUT2D eigenvalue weighted by atomic mass is 9.85. The standard InChI is InChI=1S/C48H36O/c1-4-5-6-7-14-32(2)21-22-33(3)34-23-25-36(26-24-34)46-40-17-10-12-19-42(40)47(43-20-13-11-18-41(43)46)37-28-29-39-44-30-27-35-15-8-9-16-38(35)48(44)49-45(39)31-37/h4-31H,1H2,2-3H3/b6-5-,14-7-,32-21+,33-22+. The van der Waals surface area contributed by atoms with Crippen LogP contribution >= 0.6 is 0 Å². The van der Waals surface area contributed by atoms with E-state index in [0.717, 1.165) is 32.9 Å². The van der Waals surface area contributed by atoms with Crippen molar-refractivity contribution in [1.82, 2.24) is 0 Å². The third kappa shape index (κ3) is 5.50. The number of benzene rings is 7. The average Bonchev–Trinajstić information content (AvgIpc) is 3.53. The van der Waals surface area contributed by atoms with Gasteiger partial charge in [-0.05, 0) is 92.4 Å². The maximum absolute atomic E-state index is 6.61. The number of allylic oxidation sites excluding steroid dienone is 9. The van der Waals surface area contributed by atoms with Crippen molar-refractivity contribution < 1.29 is 4.42 Å². The minimum absolute atomic E-state index is 0.908. The Hall–Kier alpha value is -6.18. The van der Waals surface area contributed by atoms with Gasteiger partial charge in [0.15, 0.2) is 0 Å². The molecule has 1 aromatic heterocycles. The largest absolute Gasteiger partial charge is 0.455 e. The van der Waals surface area contributed by atoms with Crippen molar-refractivity contribution in [3.05, 3.63) is 188 Å². The van der Waals surface area contributed by atoms with Gasteiger partial charge < -0.3 is 4.42 Å². The van der Waals surface area contributed by atoms with Crippen LogP contribution in [0.15, 0.2) is 186 Å². The molecule has 7 aromatic carbocycles. The molecule has 0 fully saturated rings. The van der Waals surface area contributed by atoms with Gasteiger partial charge in [0, 0.05) is 16.2 Å². The van der Waals surface area contributed by atoms with Crippen LogP contribution in [0, 0.1) is 0 Å². The molecule has 1 nitrogen and oxygen atoms in total. The van der Waals surface area contributed by atoms with Gasteiger partial charge in [0.25, 0.3) is 0 Å². The molecule has 0 aliphatic rings. The third-order valence-electron chi connectivity index (χ3n) is 9.53. The Morgan fingerprint density at radius 1 is 0.531 bits per heavy atom. The molecule has 234 valence electrons. The van der Waals surface area contributed by atoms with Gasteiger partial charge in [0.05, 0.1) is 0 Å². The summed E-state index contributed by atoms with van der Waals surface area (Å²) in [6.07, 6.45) is 14.2. The summed E-state index contributed by atoms with van der Waals surface area (Å²) in [5.41, 5.74) is 10.3. The molecule has 0 unspecified atom stereocenters. The normalized spacial score (nSPS) is 12.9. The van der Waals surface area contributed by atoms with Crippen molar-refractivity contribution in [1.29, 1.82) is 0 Å². The van der Waals surface area contributed by atoms with Crippen LogP contribution in [0.2, 0.25) is 0 Å². The first-order valence-corrected chi connectivity index (χ1v) is 16.8. The van der Waals surface area contributed by atoms with Gasteiger partial charge in [0.1, 0.15) is 11.2 Å². The van der Waals surface area contributed by atoms with Crippen LogP contribution in [0.3, 0.4) is 0 Å². The Morgan fingerprint density at radius 2 is 1.12 bits per heavy atom. The molecule has 0 bridgehead atoms. The lowest BCUT2D eigenvalue weighted by molar-refractivity contribution is 0.673. The van der Waals surface area contributed by atoms with Gasteiger partial charge in [0.2, 0.25) is 0 Å². The second-order valence-electron chi connectivity index (χ2n) is 12.6. The van der Waals surface area contributed by atoms with Gasteiger partial charge >= 0.3 is 0 Å². The van der Waals surface area contributed by atoms with Gasteiger partial charge in [-0.2, -0.15) is 0 Å². The Balaban J connectivity index is 1.24. The highest BCUT2D eigenvalue weighted by Gasteiger charge is 2.18. The van der Waals surface area contributed by atoms with E-state index in [0.29, 0.717) is 0 Å². The van der Waals surface area contributed by atoms with Gasteiger partial charge in [-0.1, -0.05) is 164 Å². The number of hydrogen-bond acceptors (Lipinski definition) is 1. The third-order valence-corrected chi connectivity index (χ3v) is 9.53. The summed E-state index contributed by atoms with van der Waals surface area (Å²) in [5.74, 6) is 0. The molecule has 0 saturated heterocycles. The molecular formula is C48H36O. The Bertz CT molecular complexity index is 2610. The van der Waals surface area contributed by atoms with Gasteiger partial charge in [-0.25, -0.2) is 0 Å². The predicted molar refractivity (Wildman–Crippen MR) is 213 cm³/mol. The lowest BCUT2D eigenvalue weighted by Gasteiger charge is -2.18. The molecule has 0 atom stereocenters. The molecule has 8 aromatic rings. The first-order valence-electron chi connectivity index (χ1n) is 16.8. The molecule has 0 radical (unpaired) electrons. The highest BCUT2D eigenvalue weighted by molar-refractivity contribution is 6.22. The molecule has 8 rings (SSSR count). The number of fused-ring (bicyclic) bond motifs is 7. The number of hydrogen-bond donors (Lipinski definition) is 0. The minimum atomic E-state index is 0.908. The Morgan fingerprint density at radius 3 is 1.80 bits per heavy atom. The summed E-state index contributed by atoms with van der Waals surface area (Å²) in [6, 6.07) is 46.2. The zero-order chi connectivity index (χ0) is 33.3. The summed E-state index contributed by atoms with van der Waals surface area (Å²) >= 11 is 0. The fraction of sp³-hybridized carbons (Fsp3) is 0.0417. The van der Waals surface area contributed by atoms with E-state index in [1.54, 1.807) is 6.08 Å². The van der Waals surface area contributed by atoms with Crippen LogP contribution in [0.25, 0.3) is 82.1 Å². The fourth-order valence-electron chi connectivity index (χ4n) is 7.07. The Kier molecular flexibility index (Phi) is 7.87. The van der Waals surface area contributed by atoms with E-state index in [2.05, 4.69) is 166 Å². The van der Waals surface area contributed by atoms with Gasteiger partial charge in [-0.3, -0.25) is 0 Å². The molecule has 0 spiro atoms. The molecule has 0 aliphatic carbocycles. The molecule has 49 heavy (non-hydrogen) atoms. The van der Waals surface area contributed by atoms with Crippen LogP contribution in [-0.2, 0) is 0 Å². The van der Waals surface area contributed by atoms with Crippen molar-refractivity contribution in [2.24, 2.45) is 0 Å². The summed E-state index contributed by atoms with van der Waals surface area (Å²) in [5, 5.41) is 9.56. The lowest BCUT2D eigenvalue weighted by Crippen LogP contribution is -1.91. The van der Waals surface area contributed by atoms with E-state index in [9.17, 15) is 0 Å². The quantitative estimate of drug-likeness (QED) is 0.126. The maximum atomic E-state index is 6.61. The maximum Gasteiger partial charge on any atom is 0.143 e. The highest BCUT2D eigenvalue weighted by Crippen LogP contribution is 2.45. The van der Waals surface area contributed by atoms with Crippen molar-refractivity contribution in [3.63, 3.8) is 0 Å². The first-order chi connectivity index (χ1) is 24.1. The summed E-state index contributed by atoms with van der Waals surface area (Å²) < 4.78 is 6.61. The topological polar surface area (TPSA) is 13.1 Å². The van der Waals surface area contributed by atoms with E-state index >= 15 is 0 Å². The van der Waals surface area contributed by atoms with Crippen molar-refractivity contribution in [2.45, 2.75) is 13.8 Å². The van der Waals surface area contributed by atoms with Crippen LogP contribution in [0.4, 0.5) is 0 Å². The second kappa shape index (κ2) is 12.8. The van der Waals surface area contributed by atoms with Crippen LogP contribution in [-0.4, -0.2) is 0 Å². The fourth-order valence-corrected chi connectivity index (χ4v) is 7.07. The van der Waals surface area contributed by atoms with Crippen molar-refractivity contribution in [3.8, 4) is 22.3 Å². The molecular weight excluding hydrogens is 593 g/mol. The zero-order valence-electron chi connectivity index (χ0n) is 27.8. The number of rotatable bonds is 7. The van der Waals surface area contributed by atoms with E-state index < -0.39 is 0 Å². The van der Waals surface area contributed by atoms with Crippen molar-refractivity contribution in [2.75, 3.05) is 0 Å². The zero-order valence-corrected chi connectivity index (χ0v) is 27.8. The molecule has 1 heteroatoms. The summed E-state index contributed by atoms with van der Waals surface area (Å²) in [4.78, 5) is 0. The molecule has 0 saturated carbocycles. The smallest absolute Gasteiger partial charge is 0.143 e.